The quantitative estimate of drug-likeness (QED) is 0.618. The van der Waals surface area contributed by atoms with E-state index >= 15 is 0 Å². The van der Waals surface area contributed by atoms with Crippen molar-refractivity contribution in [1.82, 2.24) is 5.32 Å². The summed E-state index contributed by atoms with van der Waals surface area (Å²) in [6.45, 7) is 3.29. The Bertz CT molecular complexity index is 904. The molecule has 0 radical (unpaired) electrons. The molecule has 0 spiro atoms. The first-order chi connectivity index (χ1) is 13.0. The van der Waals surface area contributed by atoms with Gasteiger partial charge in [0.25, 0.3) is 0 Å². The molecule has 5 nitrogen and oxygen atoms in total. The summed E-state index contributed by atoms with van der Waals surface area (Å²) in [5.74, 6) is 0.502. The third kappa shape index (κ3) is 4.71. The van der Waals surface area contributed by atoms with Crippen molar-refractivity contribution in [3.63, 3.8) is 0 Å². The van der Waals surface area contributed by atoms with E-state index in [1.54, 1.807) is 37.5 Å². The van der Waals surface area contributed by atoms with Gasteiger partial charge in [0.2, 0.25) is 5.91 Å². The van der Waals surface area contributed by atoms with Crippen LogP contribution in [0, 0.1) is 0 Å². The first kappa shape index (κ1) is 18.6. The van der Waals surface area contributed by atoms with Crippen molar-refractivity contribution < 1.29 is 14.0 Å². The molecule has 2 aromatic carbocycles. The summed E-state index contributed by atoms with van der Waals surface area (Å²) < 4.78 is 5.56. The Morgan fingerprint density at radius 3 is 2.41 bits per heavy atom. The van der Waals surface area contributed by atoms with Gasteiger partial charge in [-0.2, -0.15) is 0 Å². The van der Waals surface area contributed by atoms with Crippen molar-refractivity contribution >= 4 is 17.4 Å². The number of Topliss-reactive ketones (excluding diaryl/α,β-unsaturated/α-hetero) is 1. The molecule has 3 aromatic rings. The lowest BCUT2D eigenvalue weighted by atomic mass is 10.0. The fraction of sp³-hybridized carbons (Fsp3) is 0.182. The molecule has 1 heterocycles. The summed E-state index contributed by atoms with van der Waals surface area (Å²) in [6.07, 6.45) is 1.62. The Morgan fingerprint density at radius 1 is 0.963 bits per heavy atom. The number of amides is 1. The van der Waals surface area contributed by atoms with E-state index in [4.69, 9.17) is 4.42 Å². The monoisotopic (exact) mass is 362 g/mol. The average Bonchev–Trinajstić information content (AvgIpc) is 3.21. The Balaban J connectivity index is 1.74. The second-order valence-corrected chi connectivity index (χ2v) is 6.37. The van der Waals surface area contributed by atoms with Gasteiger partial charge in [-0.1, -0.05) is 42.5 Å². The molecule has 2 N–H and O–H groups in total. The Hall–Kier alpha value is -3.18. The first-order valence-electron chi connectivity index (χ1n) is 8.81. The number of furan rings is 1. The summed E-state index contributed by atoms with van der Waals surface area (Å²) in [4.78, 5) is 24.2. The minimum absolute atomic E-state index is 0.0424. The first-order valence-corrected chi connectivity index (χ1v) is 8.81. The maximum atomic E-state index is 12.6. The molecular weight excluding hydrogens is 340 g/mol. The van der Waals surface area contributed by atoms with Gasteiger partial charge in [-0.25, -0.2) is 0 Å². The molecule has 0 fully saturated rings. The molecule has 2 atom stereocenters. The lowest BCUT2D eigenvalue weighted by Gasteiger charge is -2.22. The average molecular weight is 362 g/mol. The molecule has 138 valence electrons. The summed E-state index contributed by atoms with van der Waals surface area (Å²) >= 11 is 0. The number of nitrogens with one attached hydrogen (secondary N) is 2. The van der Waals surface area contributed by atoms with E-state index < -0.39 is 6.04 Å². The van der Waals surface area contributed by atoms with E-state index in [9.17, 15) is 9.59 Å². The van der Waals surface area contributed by atoms with Gasteiger partial charge < -0.3 is 9.73 Å². The number of anilines is 1. The highest BCUT2D eigenvalue weighted by Gasteiger charge is 2.22. The second-order valence-electron chi connectivity index (χ2n) is 6.37. The number of ketones is 1. The molecule has 1 amide bonds. The van der Waals surface area contributed by atoms with Gasteiger partial charge in [-0.15, -0.1) is 0 Å². The molecule has 27 heavy (non-hydrogen) atoms. The number of rotatable bonds is 7. The lowest BCUT2D eigenvalue weighted by molar-refractivity contribution is -0.117. The van der Waals surface area contributed by atoms with Crippen LogP contribution in [0.25, 0.3) is 0 Å². The Kier molecular flexibility index (Phi) is 5.84. The fourth-order valence-corrected chi connectivity index (χ4v) is 2.84. The van der Waals surface area contributed by atoms with Gasteiger partial charge in [0, 0.05) is 11.3 Å². The zero-order valence-corrected chi connectivity index (χ0v) is 15.3. The summed E-state index contributed by atoms with van der Waals surface area (Å²) in [6, 6.07) is 19.7. The summed E-state index contributed by atoms with van der Waals surface area (Å²) in [7, 11) is 0. The van der Waals surface area contributed by atoms with Crippen molar-refractivity contribution in [1.29, 1.82) is 0 Å². The largest absolute Gasteiger partial charge is 0.467 e. The topological polar surface area (TPSA) is 71.3 Å². The molecule has 0 saturated heterocycles. The van der Waals surface area contributed by atoms with E-state index in [0.29, 0.717) is 11.3 Å². The van der Waals surface area contributed by atoms with Crippen LogP contribution in [-0.4, -0.2) is 17.7 Å². The van der Waals surface area contributed by atoms with Gasteiger partial charge >= 0.3 is 0 Å². The molecule has 0 unspecified atom stereocenters. The highest BCUT2D eigenvalue weighted by molar-refractivity contribution is 5.98. The zero-order valence-electron chi connectivity index (χ0n) is 15.3. The Morgan fingerprint density at radius 2 is 1.74 bits per heavy atom. The summed E-state index contributed by atoms with van der Waals surface area (Å²) in [5.41, 5.74) is 2.16. The molecule has 0 saturated carbocycles. The number of hydrogen-bond acceptors (Lipinski definition) is 4. The standard InChI is InChI=1S/C22H22N2O3/c1-15(22(26)24-19-11-6-10-18(14-19)16(2)25)23-21(20-12-7-13-27-20)17-8-4-3-5-9-17/h3-15,21,23H,1-2H3,(H,24,26)/t15-,21+/m0/s1. The number of benzene rings is 2. The van der Waals surface area contributed by atoms with Crippen molar-refractivity contribution in [3.8, 4) is 0 Å². The Labute approximate surface area is 158 Å². The van der Waals surface area contributed by atoms with Crippen LogP contribution in [0.3, 0.4) is 0 Å². The molecule has 0 aliphatic rings. The van der Waals surface area contributed by atoms with Crippen molar-refractivity contribution in [2.45, 2.75) is 25.9 Å². The van der Waals surface area contributed by atoms with Gasteiger partial charge in [-0.3, -0.25) is 14.9 Å². The van der Waals surface area contributed by atoms with Crippen LogP contribution < -0.4 is 10.6 Å². The minimum atomic E-state index is -0.485. The lowest BCUT2D eigenvalue weighted by Crippen LogP contribution is -2.40. The zero-order chi connectivity index (χ0) is 19.2. The minimum Gasteiger partial charge on any atom is -0.467 e. The van der Waals surface area contributed by atoms with E-state index in [2.05, 4.69) is 10.6 Å². The van der Waals surface area contributed by atoms with Crippen LogP contribution >= 0.6 is 0 Å². The van der Waals surface area contributed by atoms with Crippen LogP contribution in [0.2, 0.25) is 0 Å². The molecule has 0 aliphatic carbocycles. The normalized spacial score (nSPS) is 13.0. The molecule has 0 aliphatic heterocycles. The van der Waals surface area contributed by atoms with E-state index in [0.717, 1.165) is 11.3 Å². The van der Waals surface area contributed by atoms with Crippen LogP contribution in [0.1, 0.15) is 41.6 Å². The molecule has 5 heteroatoms. The molecule has 3 rings (SSSR count). The molecule has 0 bridgehead atoms. The van der Waals surface area contributed by atoms with E-state index in [1.165, 1.54) is 6.92 Å². The van der Waals surface area contributed by atoms with Crippen molar-refractivity contribution in [2.24, 2.45) is 0 Å². The smallest absolute Gasteiger partial charge is 0.241 e. The van der Waals surface area contributed by atoms with Gasteiger partial charge in [0.1, 0.15) is 5.76 Å². The van der Waals surface area contributed by atoms with Crippen LogP contribution in [-0.2, 0) is 4.79 Å². The second kappa shape index (κ2) is 8.47. The third-order valence-electron chi connectivity index (χ3n) is 4.31. The summed E-state index contributed by atoms with van der Waals surface area (Å²) in [5, 5.41) is 6.18. The predicted molar refractivity (Wildman–Crippen MR) is 105 cm³/mol. The maximum Gasteiger partial charge on any atom is 0.241 e. The van der Waals surface area contributed by atoms with Gasteiger partial charge in [0.15, 0.2) is 5.78 Å². The number of hydrogen-bond donors (Lipinski definition) is 2. The highest BCUT2D eigenvalue weighted by atomic mass is 16.3. The van der Waals surface area contributed by atoms with Crippen molar-refractivity contribution in [2.75, 3.05) is 5.32 Å². The fourth-order valence-electron chi connectivity index (χ4n) is 2.84. The molecule has 1 aromatic heterocycles. The van der Waals surface area contributed by atoms with E-state index in [-0.39, 0.29) is 17.7 Å². The third-order valence-corrected chi connectivity index (χ3v) is 4.31. The number of carbonyl (C=O) groups excluding carboxylic acids is 2. The van der Waals surface area contributed by atoms with Crippen LogP contribution in [0.4, 0.5) is 5.69 Å². The number of carbonyl (C=O) groups is 2. The van der Waals surface area contributed by atoms with E-state index in [1.807, 2.05) is 42.5 Å². The van der Waals surface area contributed by atoms with Crippen LogP contribution in [0.15, 0.2) is 77.4 Å². The maximum absolute atomic E-state index is 12.6. The predicted octanol–water partition coefficient (Wildman–Crippen LogP) is 4.19. The SMILES string of the molecule is CC(=O)c1cccc(NC(=O)[C@H](C)N[C@H](c2ccccc2)c2ccco2)c1. The van der Waals surface area contributed by atoms with Gasteiger partial charge in [-0.05, 0) is 43.7 Å². The highest BCUT2D eigenvalue weighted by Crippen LogP contribution is 2.23. The van der Waals surface area contributed by atoms with Gasteiger partial charge in [0.05, 0.1) is 18.3 Å². The van der Waals surface area contributed by atoms with Crippen molar-refractivity contribution in [3.05, 3.63) is 89.9 Å². The molecular formula is C22H22N2O3. The van der Waals surface area contributed by atoms with Crippen LogP contribution in [0.5, 0.6) is 0 Å².